The van der Waals surface area contributed by atoms with Gasteiger partial charge in [-0.2, -0.15) is 5.06 Å². The van der Waals surface area contributed by atoms with E-state index in [2.05, 4.69) is 0 Å². The predicted molar refractivity (Wildman–Crippen MR) is 94.5 cm³/mol. The van der Waals surface area contributed by atoms with E-state index in [4.69, 9.17) is 9.94 Å². The SMILES string of the molecule is CCN(OC(=O)N1c2ccccc2CC2CCCC21)C(=O)CCC(=O)O. The van der Waals surface area contributed by atoms with Crippen LogP contribution in [0.4, 0.5) is 10.5 Å². The third-order valence-corrected chi connectivity index (χ3v) is 5.19. The highest BCUT2D eigenvalue weighted by Gasteiger charge is 2.41. The zero-order valence-corrected chi connectivity index (χ0v) is 14.9. The first-order valence-electron chi connectivity index (χ1n) is 9.12. The lowest BCUT2D eigenvalue weighted by Gasteiger charge is -2.38. The number of carboxylic acid groups (broad SMARTS) is 1. The van der Waals surface area contributed by atoms with E-state index in [9.17, 15) is 14.4 Å². The fourth-order valence-corrected chi connectivity index (χ4v) is 3.98. The van der Waals surface area contributed by atoms with Gasteiger partial charge >= 0.3 is 12.1 Å². The Kier molecular flexibility index (Phi) is 5.44. The molecule has 7 heteroatoms. The first-order valence-corrected chi connectivity index (χ1v) is 9.12. The minimum absolute atomic E-state index is 0.0882. The summed E-state index contributed by atoms with van der Waals surface area (Å²) in [5.74, 6) is -1.15. The molecule has 1 N–H and O–H groups in total. The number of carbonyl (C=O) groups excluding carboxylic acids is 2. The highest BCUT2D eigenvalue weighted by molar-refractivity contribution is 5.91. The van der Waals surface area contributed by atoms with Crippen LogP contribution in [0.25, 0.3) is 0 Å². The Bertz CT molecular complexity index is 705. The molecule has 0 saturated heterocycles. The van der Waals surface area contributed by atoms with Crippen LogP contribution >= 0.6 is 0 Å². The van der Waals surface area contributed by atoms with Crippen LogP contribution in [-0.2, 0) is 20.8 Å². The fraction of sp³-hybridized carbons (Fsp3) is 0.526. The Morgan fingerprint density at radius 1 is 1.23 bits per heavy atom. The second kappa shape index (κ2) is 7.76. The van der Waals surface area contributed by atoms with Crippen molar-refractivity contribution in [3.63, 3.8) is 0 Å². The molecule has 1 saturated carbocycles. The zero-order valence-electron chi connectivity index (χ0n) is 14.9. The summed E-state index contributed by atoms with van der Waals surface area (Å²) in [4.78, 5) is 42.8. The molecule has 1 heterocycles. The molecule has 2 unspecified atom stereocenters. The monoisotopic (exact) mass is 360 g/mol. The van der Waals surface area contributed by atoms with Crippen molar-refractivity contribution in [3.8, 4) is 0 Å². The summed E-state index contributed by atoms with van der Waals surface area (Å²) in [5, 5.41) is 9.69. The molecule has 2 amide bonds. The minimum Gasteiger partial charge on any atom is -0.481 e. The molecule has 2 aliphatic rings. The van der Waals surface area contributed by atoms with Crippen molar-refractivity contribution in [2.45, 2.75) is 51.5 Å². The van der Waals surface area contributed by atoms with E-state index in [-0.39, 0.29) is 25.4 Å². The standard InChI is InChI=1S/C19H24N2O5/c1-2-20(17(22)10-11-18(23)24)26-19(25)21-15-8-4-3-6-13(15)12-14-7-5-9-16(14)21/h3-4,6,8,14,16H,2,5,7,9-12H2,1H3,(H,23,24). The van der Waals surface area contributed by atoms with E-state index in [1.807, 2.05) is 24.3 Å². The largest absolute Gasteiger partial charge is 0.481 e. The summed E-state index contributed by atoms with van der Waals surface area (Å²) in [6.07, 6.45) is 2.98. The molecule has 1 aromatic carbocycles. The molecule has 3 rings (SSSR count). The number of hydroxylamine groups is 2. The van der Waals surface area contributed by atoms with Crippen molar-refractivity contribution in [1.82, 2.24) is 5.06 Å². The van der Waals surface area contributed by atoms with Crippen LogP contribution in [0.2, 0.25) is 0 Å². The van der Waals surface area contributed by atoms with Crippen molar-refractivity contribution in [2.75, 3.05) is 11.4 Å². The van der Waals surface area contributed by atoms with E-state index < -0.39 is 18.0 Å². The van der Waals surface area contributed by atoms with Crippen LogP contribution in [0.5, 0.6) is 0 Å². The van der Waals surface area contributed by atoms with Gasteiger partial charge in [-0.1, -0.05) is 24.6 Å². The van der Waals surface area contributed by atoms with Crippen molar-refractivity contribution >= 4 is 23.7 Å². The van der Waals surface area contributed by atoms with Gasteiger partial charge in [-0.3, -0.25) is 14.5 Å². The molecule has 0 spiro atoms. The van der Waals surface area contributed by atoms with Gasteiger partial charge in [0.15, 0.2) is 0 Å². The number of benzene rings is 1. The van der Waals surface area contributed by atoms with E-state index in [1.165, 1.54) is 0 Å². The number of carboxylic acids is 1. The van der Waals surface area contributed by atoms with Crippen LogP contribution in [-0.4, -0.2) is 40.7 Å². The van der Waals surface area contributed by atoms with Gasteiger partial charge in [0.05, 0.1) is 18.7 Å². The maximum Gasteiger partial charge on any atom is 0.439 e. The number of anilines is 1. The van der Waals surface area contributed by atoms with Crippen LogP contribution in [0.1, 0.15) is 44.6 Å². The Balaban J connectivity index is 1.77. The third-order valence-electron chi connectivity index (χ3n) is 5.19. The molecule has 7 nitrogen and oxygen atoms in total. The second-order valence-corrected chi connectivity index (χ2v) is 6.80. The summed E-state index contributed by atoms with van der Waals surface area (Å²) in [7, 11) is 0. The van der Waals surface area contributed by atoms with Crippen molar-refractivity contribution in [1.29, 1.82) is 0 Å². The molecule has 0 bridgehead atoms. The van der Waals surface area contributed by atoms with Crippen LogP contribution in [0, 0.1) is 5.92 Å². The Morgan fingerprint density at radius 2 is 2.00 bits per heavy atom. The second-order valence-electron chi connectivity index (χ2n) is 6.80. The van der Waals surface area contributed by atoms with Gasteiger partial charge < -0.3 is 9.94 Å². The van der Waals surface area contributed by atoms with E-state index in [0.29, 0.717) is 5.92 Å². The number of amides is 2. The number of carbonyl (C=O) groups is 3. The lowest BCUT2D eigenvalue weighted by molar-refractivity contribution is -0.165. The van der Waals surface area contributed by atoms with Crippen LogP contribution < -0.4 is 4.90 Å². The number of nitrogens with zero attached hydrogens (tertiary/aromatic N) is 2. The number of para-hydroxylation sites is 1. The number of hydrogen-bond donors (Lipinski definition) is 1. The van der Waals surface area contributed by atoms with E-state index >= 15 is 0 Å². The summed E-state index contributed by atoms with van der Waals surface area (Å²) in [5.41, 5.74) is 1.96. The van der Waals surface area contributed by atoms with Gasteiger partial charge in [-0.15, -0.1) is 0 Å². The molecule has 1 fully saturated rings. The first-order chi connectivity index (χ1) is 12.5. The molecular formula is C19H24N2O5. The van der Waals surface area contributed by atoms with E-state index in [0.717, 1.165) is 42.0 Å². The molecule has 2 atom stereocenters. The molecule has 1 aromatic rings. The summed E-state index contributed by atoms with van der Waals surface area (Å²) in [6, 6.07) is 7.88. The molecule has 0 aromatic heterocycles. The van der Waals surface area contributed by atoms with Gasteiger partial charge in [0.1, 0.15) is 0 Å². The predicted octanol–water partition coefficient (Wildman–Crippen LogP) is 2.98. The van der Waals surface area contributed by atoms with Gasteiger partial charge in [0, 0.05) is 12.5 Å². The molecule has 1 aliphatic carbocycles. The minimum atomic E-state index is -1.06. The first kappa shape index (κ1) is 18.2. The number of rotatable bonds is 4. The summed E-state index contributed by atoms with van der Waals surface area (Å²) in [6.45, 7) is 1.86. The normalized spacial score (nSPS) is 20.9. The smallest absolute Gasteiger partial charge is 0.439 e. The molecule has 26 heavy (non-hydrogen) atoms. The lowest BCUT2D eigenvalue weighted by atomic mass is 9.88. The Labute approximate surface area is 152 Å². The Hall–Kier alpha value is -2.57. The van der Waals surface area contributed by atoms with Crippen LogP contribution in [0.15, 0.2) is 24.3 Å². The number of hydrogen-bond acceptors (Lipinski definition) is 4. The van der Waals surface area contributed by atoms with E-state index in [1.54, 1.807) is 11.8 Å². The molecule has 0 radical (unpaired) electrons. The maximum absolute atomic E-state index is 12.9. The van der Waals surface area contributed by atoms with Crippen molar-refractivity contribution < 1.29 is 24.3 Å². The van der Waals surface area contributed by atoms with Crippen molar-refractivity contribution in [3.05, 3.63) is 29.8 Å². The fourth-order valence-electron chi connectivity index (χ4n) is 3.98. The zero-order chi connectivity index (χ0) is 18.7. The molecular weight excluding hydrogens is 336 g/mol. The maximum atomic E-state index is 12.9. The quantitative estimate of drug-likeness (QED) is 0.834. The van der Waals surface area contributed by atoms with Gasteiger partial charge in [-0.05, 0) is 43.7 Å². The van der Waals surface area contributed by atoms with Gasteiger partial charge in [0.2, 0.25) is 0 Å². The molecule has 1 aliphatic heterocycles. The average molecular weight is 360 g/mol. The van der Waals surface area contributed by atoms with Gasteiger partial charge in [-0.25, -0.2) is 4.79 Å². The number of aliphatic carboxylic acids is 1. The van der Waals surface area contributed by atoms with Gasteiger partial charge in [0.25, 0.3) is 5.91 Å². The lowest BCUT2D eigenvalue weighted by Crippen LogP contribution is -2.49. The number of fused-ring (bicyclic) bond motifs is 2. The highest BCUT2D eigenvalue weighted by Crippen LogP contribution is 2.42. The Morgan fingerprint density at radius 3 is 2.73 bits per heavy atom. The topological polar surface area (TPSA) is 87.2 Å². The average Bonchev–Trinajstić information content (AvgIpc) is 3.09. The summed E-state index contributed by atoms with van der Waals surface area (Å²) >= 11 is 0. The summed E-state index contributed by atoms with van der Waals surface area (Å²) < 4.78 is 0. The highest BCUT2D eigenvalue weighted by atomic mass is 16.7. The molecule has 140 valence electrons. The third kappa shape index (κ3) is 3.66. The van der Waals surface area contributed by atoms with Crippen LogP contribution in [0.3, 0.4) is 0 Å². The van der Waals surface area contributed by atoms with Crippen molar-refractivity contribution in [2.24, 2.45) is 5.92 Å².